The van der Waals surface area contributed by atoms with Crippen LogP contribution < -0.4 is 0 Å². The van der Waals surface area contributed by atoms with Crippen molar-refractivity contribution in [1.29, 1.82) is 0 Å². The maximum atomic E-state index is 12.7. The molecular formula is C19H18Cl2N4O3S2. The molecule has 11 heteroatoms. The Morgan fingerprint density at radius 2 is 1.70 bits per heavy atom. The molecule has 0 unspecified atom stereocenters. The normalized spacial score (nSPS) is 15.6. The van der Waals surface area contributed by atoms with Crippen LogP contribution in [-0.4, -0.2) is 65.4 Å². The molecule has 2 heterocycles. The standard InChI is InChI=1S/C19H18Cl2N4O3S2/c20-13-1-4-15(5-2-13)30(27,28)25-9-7-24(8-10-25)18(26)12-29-19-22-16-6-3-14(21)11-17(16)23-19/h1-6,11H,7-10,12H2,(H,22,23). The fraction of sp³-hybridized carbons (Fsp3) is 0.263. The van der Waals surface area contributed by atoms with E-state index < -0.39 is 10.0 Å². The fourth-order valence-electron chi connectivity index (χ4n) is 3.18. The first-order valence-electron chi connectivity index (χ1n) is 9.14. The van der Waals surface area contributed by atoms with Gasteiger partial charge in [-0.15, -0.1) is 0 Å². The summed E-state index contributed by atoms with van der Waals surface area (Å²) in [7, 11) is -3.60. The van der Waals surface area contributed by atoms with E-state index in [4.69, 9.17) is 23.2 Å². The van der Waals surface area contributed by atoms with E-state index in [9.17, 15) is 13.2 Å². The van der Waals surface area contributed by atoms with Crippen LogP contribution in [-0.2, 0) is 14.8 Å². The Hall–Kier alpha value is -1.78. The molecule has 0 spiro atoms. The molecule has 1 aromatic heterocycles. The zero-order valence-corrected chi connectivity index (χ0v) is 18.9. The molecule has 30 heavy (non-hydrogen) atoms. The molecule has 0 saturated carbocycles. The predicted molar refractivity (Wildman–Crippen MR) is 119 cm³/mol. The third-order valence-electron chi connectivity index (χ3n) is 4.80. The molecule has 158 valence electrons. The molecular weight excluding hydrogens is 467 g/mol. The highest BCUT2D eigenvalue weighted by Crippen LogP contribution is 2.23. The lowest BCUT2D eigenvalue weighted by Gasteiger charge is -2.34. The second-order valence-corrected chi connectivity index (χ2v) is 10.5. The summed E-state index contributed by atoms with van der Waals surface area (Å²) in [6.45, 7) is 1.21. The fourth-order valence-corrected chi connectivity index (χ4v) is 5.69. The molecule has 4 rings (SSSR count). The Morgan fingerprint density at radius 3 is 2.40 bits per heavy atom. The monoisotopic (exact) mass is 484 g/mol. The minimum absolute atomic E-state index is 0.0537. The van der Waals surface area contributed by atoms with Crippen molar-refractivity contribution in [2.24, 2.45) is 0 Å². The third kappa shape index (κ3) is 4.60. The summed E-state index contributed by atoms with van der Waals surface area (Å²) in [5, 5.41) is 1.74. The van der Waals surface area contributed by atoms with Crippen LogP contribution >= 0.6 is 35.0 Å². The lowest BCUT2D eigenvalue weighted by atomic mass is 10.3. The third-order valence-corrected chi connectivity index (χ3v) is 8.06. The number of nitrogens with one attached hydrogen (secondary N) is 1. The van der Waals surface area contributed by atoms with Gasteiger partial charge in [0, 0.05) is 36.2 Å². The van der Waals surface area contributed by atoms with Crippen LogP contribution in [0.3, 0.4) is 0 Å². The number of thioether (sulfide) groups is 1. The van der Waals surface area contributed by atoms with Crippen molar-refractivity contribution in [3.8, 4) is 0 Å². The van der Waals surface area contributed by atoms with E-state index in [0.29, 0.717) is 28.3 Å². The Labute approximate surface area is 188 Å². The number of nitrogens with zero attached hydrogens (tertiary/aromatic N) is 3. The minimum atomic E-state index is -3.60. The van der Waals surface area contributed by atoms with Crippen LogP contribution in [0.4, 0.5) is 0 Å². The van der Waals surface area contributed by atoms with Gasteiger partial charge < -0.3 is 9.88 Å². The number of aromatic nitrogens is 2. The summed E-state index contributed by atoms with van der Waals surface area (Å²) in [4.78, 5) is 22.0. The first-order valence-corrected chi connectivity index (χ1v) is 12.3. The molecule has 1 N–H and O–H groups in total. The maximum Gasteiger partial charge on any atom is 0.243 e. The van der Waals surface area contributed by atoms with E-state index in [2.05, 4.69) is 9.97 Å². The van der Waals surface area contributed by atoms with E-state index >= 15 is 0 Å². The number of aromatic amines is 1. The van der Waals surface area contributed by atoms with E-state index in [0.717, 1.165) is 11.0 Å². The quantitative estimate of drug-likeness (QED) is 0.560. The van der Waals surface area contributed by atoms with Gasteiger partial charge in [-0.1, -0.05) is 35.0 Å². The SMILES string of the molecule is O=C(CSc1nc2ccc(Cl)cc2[nH]1)N1CCN(S(=O)(=O)c2ccc(Cl)cc2)CC1. The summed E-state index contributed by atoms with van der Waals surface area (Å²) >= 11 is 13.1. The highest BCUT2D eigenvalue weighted by atomic mass is 35.5. The van der Waals surface area contributed by atoms with E-state index in [1.165, 1.54) is 28.2 Å². The number of H-pyrrole nitrogens is 1. The number of sulfonamides is 1. The van der Waals surface area contributed by atoms with Crippen molar-refractivity contribution in [2.75, 3.05) is 31.9 Å². The van der Waals surface area contributed by atoms with Gasteiger partial charge in [-0.25, -0.2) is 13.4 Å². The second-order valence-electron chi connectivity index (χ2n) is 6.73. The Balaban J connectivity index is 1.33. The smallest absolute Gasteiger partial charge is 0.243 e. The summed E-state index contributed by atoms with van der Waals surface area (Å²) in [6, 6.07) is 11.5. The van der Waals surface area contributed by atoms with Gasteiger partial charge in [-0.05, 0) is 42.5 Å². The van der Waals surface area contributed by atoms with Gasteiger partial charge in [0.25, 0.3) is 0 Å². The molecule has 2 aromatic carbocycles. The molecule has 1 aliphatic heterocycles. The Bertz CT molecular complexity index is 1170. The number of carbonyl (C=O) groups excluding carboxylic acids is 1. The molecule has 1 fully saturated rings. The lowest BCUT2D eigenvalue weighted by molar-refractivity contribution is -0.129. The van der Waals surface area contributed by atoms with E-state index in [1.54, 1.807) is 29.2 Å². The van der Waals surface area contributed by atoms with Gasteiger partial charge in [-0.2, -0.15) is 4.31 Å². The van der Waals surface area contributed by atoms with E-state index in [1.807, 2.05) is 6.07 Å². The lowest BCUT2D eigenvalue weighted by Crippen LogP contribution is -2.50. The second kappa shape index (κ2) is 8.76. The van der Waals surface area contributed by atoms with Crippen molar-refractivity contribution < 1.29 is 13.2 Å². The summed E-state index contributed by atoms with van der Waals surface area (Å²) in [5.41, 5.74) is 1.61. The number of imidazole rings is 1. The number of fused-ring (bicyclic) bond motifs is 1. The average molecular weight is 485 g/mol. The maximum absolute atomic E-state index is 12.7. The van der Waals surface area contributed by atoms with Gasteiger partial charge in [0.05, 0.1) is 21.7 Å². The van der Waals surface area contributed by atoms with Gasteiger partial charge in [0.15, 0.2) is 5.16 Å². The molecule has 0 bridgehead atoms. The molecule has 0 aliphatic carbocycles. The molecule has 0 atom stereocenters. The first-order chi connectivity index (χ1) is 14.3. The van der Waals surface area contributed by atoms with Crippen LogP contribution in [0.1, 0.15) is 0 Å². The number of rotatable bonds is 5. The molecule has 1 aliphatic rings. The largest absolute Gasteiger partial charge is 0.339 e. The summed E-state index contributed by atoms with van der Waals surface area (Å²) in [5.74, 6) is 0.166. The summed E-state index contributed by atoms with van der Waals surface area (Å²) < 4.78 is 26.9. The summed E-state index contributed by atoms with van der Waals surface area (Å²) in [6.07, 6.45) is 0. The zero-order chi connectivity index (χ0) is 21.3. The minimum Gasteiger partial charge on any atom is -0.339 e. The predicted octanol–water partition coefficient (Wildman–Crippen LogP) is 3.49. The molecule has 0 radical (unpaired) electrons. The number of amides is 1. The van der Waals surface area contributed by atoms with Gasteiger partial charge in [-0.3, -0.25) is 4.79 Å². The molecule has 7 nitrogen and oxygen atoms in total. The number of benzene rings is 2. The van der Waals surface area contributed by atoms with Crippen molar-refractivity contribution in [3.05, 3.63) is 52.5 Å². The first kappa shape index (κ1) is 21.5. The van der Waals surface area contributed by atoms with Gasteiger partial charge in [0.1, 0.15) is 0 Å². The van der Waals surface area contributed by atoms with Crippen LogP contribution in [0, 0.1) is 0 Å². The topological polar surface area (TPSA) is 86.4 Å². The molecule has 3 aromatic rings. The van der Waals surface area contributed by atoms with Crippen LogP contribution in [0.5, 0.6) is 0 Å². The van der Waals surface area contributed by atoms with Crippen LogP contribution in [0.15, 0.2) is 52.5 Å². The number of hydrogen-bond acceptors (Lipinski definition) is 5. The highest BCUT2D eigenvalue weighted by molar-refractivity contribution is 7.99. The number of carbonyl (C=O) groups is 1. The number of hydrogen-bond donors (Lipinski definition) is 1. The number of piperazine rings is 1. The molecule has 1 saturated heterocycles. The van der Waals surface area contributed by atoms with Crippen molar-refractivity contribution >= 4 is 61.9 Å². The van der Waals surface area contributed by atoms with Crippen LogP contribution in [0.2, 0.25) is 10.0 Å². The van der Waals surface area contributed by atoms with Gasteiger partial charge >= 0.3 is 0 Å². The van der Waals surface area contributed by atoms with Crippen molar-refractivity contribution in [3.63, 3.8) is 0 Å². The van der Waals surface area contributed by atoms with Crippen molar-refractivity contribution in [1.82, 2.24) is 19.2 Å². The Kier molecular flexibility index (Phi) is 6.26. The van der Waals surface area contributed by atoms with Gasteiger partial charge in [0.2, 0.25) is 15.9 Å². The number of halogens is 2. The van der Waals surface area contributed by atoms with Crippen molar-refractivity contribution in [2.45, 2.75) is 10.1 Å². The average Bonchev–Trinajstić information content (AvgIpc) is 3.14. The molecule has 1 amide bonds. The zero-order valence-electron chi connectivity index (χ0n) is 15.7. The Morgan fingerprint density at radius 1 is 1.03 bits per heavy atom. The van der Waals surface area contributed by atoms with Crippen LogP contribution in [0.25, 0.3) is 11.0 Å². The van der Waals surface area contributed by atoms with E-state index in [-0.39, 0.29) is 29.6 Å². The highest BCUT2D eigenvalue weighted by Gasteiger charge is 2.30.